The number of amides is 3. The maximum Gasteiger partial charge on any atom is 0.258 e. The minimum absolute atomic E-state index is 0.207. The molecule has 0 aromatic heterocycles. The highest BCUT2D eigenvalue weighted by Crippen LogP contribution is 2.24. The zero-order chi connectivity index (χ0) is 15.3. The van der Waals surface area contributed by atoms with Gasteiger partial charge in [-0.1, -0.05) is 15.9 Å². The second-order valence-corrected chi connectivity index (χ2v) is 4.85. The number of benzene rings is 1. The Bertz CT molecular complexity index is 532. The number of ether oxygens (including phenoxy) is 1. The average molecular weight is 344 g/mol. The van der Waals surface area contributed by atoms with Crippen LogP contribution in [0, 0.1) is 0 Å². The van der Waals surface area contributed by atoms with E-state index in [1.165, 1.54) is 13.2 Å². The van der Waals surface area contributed by atoms with E-state index in [1.54, 1.807) is 12.1 Å². The molecule has 0 heterocycles. The third-order valence-electron chi connectivity index (χ3n) is 2.37. The van der Waals surface area contributed by atoms with Gasteiger partial charge in [0.25, 0.3) is 5.91 Å². The number of carbonyl (C=O) groups excluding carboxylic acids is 3. The Hall–Kier alpha value is -2.09. The van der Waals surface area contributed by atoms with E-state index < -0.39 is 30.8 Å². The van der Waals surface area contributed by atoms with Crippen molar-refractivity contribution >= 4 is 33.7 Å². The van der Waals surface area contributed by atoms with Gasteiger partial charge in [0.1, 0.15) is 18.8 Å². The van der Waals surface area contributed by atoms with E-state index in [2.05, 4.69) is 15.9 Å². The topological polar surface area (TPSA) is 116 Å². The monoisotopic (exact) mass is 343 g/mol. The Balaban J connectivity index is 3.10. The number of primary amides is 2. The summed E-state index contributed by atoms with van der Waals surface area (Å²) in [6.45, 7) is -0.804. The number of rotatable bonds is 6. The zero-order valence-corrected chi connectivity index (χ0v) is 12.3. The predicted octanol–water partition coefficient (Wildman–Crippen LogP) is -0.130. The van der Waals surface area contributed by atoms with Crippen molar-refractivity contribution in [3.05, 3.63) is 28.2 Å². The summed E-state index contributed by atoms with van der Waals surface area (Å²) in [7, 11) is 1.41. The zero-order valence-electron chi connectivity index (χ0n) is 10.8. The largest absolute Gasteiger partial charge is 0.496 e. The number of hydrogen-bond donors (Lipinski definition) is 2. The molecule has 1 aromatic carbocycles. The molecule has 0 saturated heterocycles. The Morgan fingerprint density at radius 1 is 1.20 bits per heavy atom. The second-order valence-electron chi connectivity index (χ2n) is 3.94. The fraction of sp³-hybridized carbons (Fsp3) is 0.250. The molecule has 0 atom stereocenters. The minimum Gasteiger partial charge on any atom is -0.496 e. The van der Waals surface area contributed by atoms with Crippen molar-refractivity contribution < 1.29 is 19.1 Å². The van der Waals surface area contributed by atoms with Crippen LogP contribution >= 0.6 is 15.9 Å². The lowest BCUT2D eigenvalue weighted by Gasteiger charge is -2.20. The van der Waals surface area contributed by atoms with Crippen molar-refractivity contribution in [3.63, 3.8) is 0 Å². The van der Waals surface area contributed by atoms with Gasteiger partial charge in [0, 0.05) is 4.47 Å². The number of methoxy groups -OCH3 is 1. The highest BCUT2D eigenvalue weighted by atomic mass is 79.9. The molecule has 0 unspecified atom stereocenters. The van der Waals surface area contributed by atoms with Gasteiger partial charge in [-0.2, -0.15) is 0 Å². The van der Waals surface area contributed by atoms with E-state index in [-0.39, 0.29) is 5.56 Å². The molecule has 1 rings (SSSR count). The molecule has 0 aliphatic rings. The summed E-state index contributed by atoms with van der Waals surface area (Å²) >= 11 is 3.25. The van der Waals surface area contributed by atoms with E-state index in [4.69, 9.17) is 16.2 Å². The van der Waals surface area contributed by atoms with E-state index in [0.717, 1.165) is 9.37 Å². The maximum atomic E-state index is 12.3. The fourth-order valence-electron chi connectivity index (χ4n) is 1.59. The van der Waals surface area contributed by atoms with Crippen molar-refractivity contribution in [1.82, 2.24) is 4.90 Å². The normalized spacial score (nSPS) is 9.90. The first-order valence-corrected chi connectivity index (χ1v) is 6.34. The summed E-state index contributed by atoms with van der Waals surface area (Å²) in [6.07, 6.45) is 0. The Morgan fingerprint density at radius 3 is 2.20 bits per heavy atom. The lowest BCUT2D eigenvalue weighted by Crippen LogP contribution is -2.43. The molecule has 108 valence electrons. The van der Waals surface area contributed by atoms with Gasteiger partial charge in [-0.3, -0.25) is 14.4 Å². The van der Waals surface area contributed by atoms with Crippen LogP contribution in [0.15, 0.2) is 22.7 Å². The van der Waals surface area contributed by atoms with Gasteiger partial charge in [0.15, 0.2) is 0 Å². The van der Waals surface area contributed by atoms with Crippen molar-refractivity contribution in [2.75, 3.05) is 20.2 Å². The first-order chi connectivity index (χ1) is 9.35. The van der Waals surface area contributed by atoms with Gasteiger partial charge in [-0.05, 0) is 18.2 Å². The lowest BCUT2D eigenvalue weighted by atomic mass is 10.1. The number of carbonyl (C=O) groups is 3. The van der Waals surface area contributed by atoms with Crippen LogP contribution in [0.2, 0.25) is 0 Å². The first kappa shape index (κ1) is 16.0. The smallest absolute Gasteiger partial charge is 0.258 e. The van der Waals surface area contributed by atoms with E-state index in [9.17, 15) is 14.4 Å². The van der Waals surface area contributed by atoms with Crippen LogP contribution < -0.4 is 16.2 Å². The molecule has 0 saturated carbocycles. The number of nitrogens with two attached hydrogens (primary N) is 2. The Labute approximate surface area is 124 Å². The fourth-order valence-corrected chi connectivity index (χ4v) is 1.93. The van der Waals surface area contributed by atoms with Gasteiger partial charge in [0.2, 0.25) is 11.8 Å². The van der Waals surface area contributed by atoms with Crippen molar-refractivity contribution in [2.24, 2.45) is 11.5 Å². The predicted molar refractivity (Wildman–Crippen MR) is 75.0 cm³/mol. The molecule has 7 nitrogen and oxygen atoms in total. The molecule has 8 heteroatoms. The van der Waals surface area contributed by atoms with Gasteiger partial charge in [0.05, 0.1) is 12.7 Å². The standard InChI is InChI=1S/C12H14BrN3O4/c1-20-9-4-7(13)2-3-8(9)12(19)16(5-10(14)17)6-11(15)18/h2-4H,5-6H2,1H3,(H2,14,17)(H2,15,18). The van der Waals surface area contributed by atoms with E-state index in [0.29, 0.717) is 5.75 Å². The number of nitrogens with zero attached hydrogens (tertiary/aromatic N) is 1. The Morgan fingerprint density at radius 2 is 1.75 bits per heavy atom. The first-order valence-electron chi connectivity index (χ1n) is 5.54. The molecule has 0 spiro atoms. The third kappa shape index (κ3) is 4.23. The number of halogens is 1. The van der Waals surface area contributed by atoms with Crippen LogP contribution in [0.1, 0.15) is 10.4 Å². The van der Waals surface area contributed by atoms with Crippen LogP contribution in [-0.4, -0.2) is 42.8 Å². The summed E-state index contributed by atoms with van der Waals surface area (Å²) in [5.41, 5.74) is 10.3. The molecule has 0 aliphatic heterocycles. The molecule has 0 bridgehead atoms. The molecule has 4 N–H and O–H groups in total. The SMILES string of the molecule is COc1cc(Br)ccc1C(=O)N(CC(N)=O)CC(N)=O. The highest BCUT2D eigenvalue weighted by molar-refractivity contribution is 9.10. The maximum absolute atomic E-state index is 12.3. The van der Waals surface area contributed by atoms with Crippen molar-refractivity contribution in [1.29, 1.82) is 0 Å². The second kappa shape index (κ2) is 6.90. The average Bonchev–Trinajstić information content (AvgIpc) is 2.35. The van der Waals surface area contributed by atoms with Crippen molar-refractivity contribution in [2.45, 2.75) is 0 Å². The summed E-state index contributed by atoms with van der Waals surface area (Å²) in [4.78, 5) is 35.2. The summed E-state index contributed by atoms with van der Waals surface area (Å²) < 4.78 is 5.82. The van der Waals surface area contributed by atoms with E-state index in [1.807, 2.05) is 0 Å². The van der Waals surface area contributed by atoms with E-state index >= 15 is 0 Å². The number of hydrogen-bond acceptors (Lipinski definition) is 4. The molecule has 0 aliphatic carbocycles. The van der Waals surface area contributed by atoms with Crippen molar-refractivity contribution in [3.8, 4) is 5.75 Å². The highest BCUT2D eigenvalue weighted by Gasteiger charge is 2.22. The molecular weight excluding hydrogens is 330 g/mol. The summed E-state index contributed by atoms with van der Waals surface area (Å²) in [5.74, 6) is -1.73. The molecule has 3 amide bonds. The van der Waals surface area contributed by atoms with Crippen LogP contribution in [-0.2, 0) is 9.59 Å². The van der Waals surface area contributed by atoms with Crippen LogP contribution in [0.25, 0.3) is 0 Å². The molecule has 0 radical (unpaired) electrons. The van der Waals surface area contributed by atoms with Crippen LogP contribution in [0.4, 0.5) is 0 Å². The van der Waals surface area contributed by atoms with Gasteiger partial charge in [-0.15, -0.1) is 0 Å². The van der Waals surface area contributed by atoms with Crippen LogP contribution in [0.3, 0.4) is 0 Å². The Kier molecular flexibility index (Phi) is 5.51. The minimum atomic E-state index is -0.740. The quantitative estimate of drug-likeness (QED) is 0.748. The summed E-state index contributed by atoms with van der Waals surface area (Å²) in [5, 5.41) is 0. The van der Waals surface area contributed by atoms with Gasteiger partial charge < -0.3 is 21.1 Å². The molecule has 0 fully saturated rings. The third-order valence-corrected chi connectivity index (χ3v) is 2.87. The molecule has 1 aromatic rings. The molecular formula is C12H14BrN3O4. The molecule has 20 heavy (non-hydrogen) atoms. The van der Waals surface area contributed by atoms with Gasteiger partial charge >= 0.3 is 0 Å². The summed E-state index contributed by atoms with van der Waals surface area (Å²) in [6, 6.07) is 4.75. The lowest BCUT2D eigenvalue weighted by molar-refractivity contribution is -0.121. The van der Waals surface area contributed by atoms with Gasteiger partial charge in [-0.25, -0.2) is 0 Å². The van der Waals surface area contributed by atoms with Crippen LogP contribution in [0.5, 0.6) is 5.75 Å².